The maximum atomic E-state index is 13.7. The molecule has 1 aromatic carbocycles. The zero-order chi connectivity index (χ0) is 12.8. The molecule has 0 fully saturated rings. The van der Waals surface area contributed by atoms with E-state index in [-0.39, 0.29) is 28.1 Å². The molecule has 0 radical (unpaired) electrons. The number of halogens is 2. The summed E-state index contributed by atoms with van der Waals surface area (Å²) in [5.41, 5.74) is 0.499. The number of nitriles is 1. The van der Waals surface area contributed by atoms with Crippen LogP contribution in [0.25, 0.3) is 0 Å². The highest BCUT2D eigenvalue weighted by atomic mass is 79.9. The molecule has 17 heavy (non-hydrogen) atoms. The molecule has 0 aliphatic rings. The lowest BCUT2D eigenvalue weighted by atomic mass is 10.2. The van der Waals surface area contributed by atoms with E-state index in [1.165, 1.54) is 12.1 Å². The predicted molar refractivity (Wildman–Crippen MR) is 66.0 cm³/mol. The number of benzene rings is 1. The highest BCUT2D eigenvalue weighted by molar-refractivity contribution is 9.10. The normalized spacial score (nSPS) is 9.53. The highest BCUT2D eigenvalue weighted by Gasteiger charge is 2.10. The number of amides is 1. The van der Waals surface area contributed by atoms with E-state index in [0.717, 1.165) is 0 Å². The average molecular weight is 300 g/mol. The lowest BCUT2D eigenvalue weighted by Crippen LogP contribution is -2.21. The fourth-order valence-electron chi connectivity index (χ4n) is 1.21. The van der Waals surface area contributed by atoms with Crippen LogP contribution in [0.1, 0.15) is 12.0 Å². The van der Waals surface area contributed by atoms with Gasteiger partial charge in [0.2, 0.25) is 5.91 Å². The smallest absolute Gasteiger partial charge is 0.221 e. The van der Waals surface area contributed by atoms with Crippen molar-refractivity contribution in [1.82, 2.24) is 5.32 Å². The third-order valence-electron chi connectivity index (χ3n) is 2.15. The summed E-state index contributed by atoms with van der Waals surface area (Å²) >= 11 is 3.01. The molecule has 0 heterocycles. The molecule has 0 unspecified atom stereocenters. The first-order chi connectivity index (χ1) is 8.10. The zero-order valence-electron chi connectivity index (χ0n) is 9.18. The Kier molecular flexibility index (Phi) is 4.91. The molecule has 0 saturated carbocycles. The predicted octanol–water partition coefficient (Wildman–Crippen LogP) is 2.01. The minimum Gasteiger partial charge on any atom is -0.382 e. The van der Waals surface area contributed by atoms with Crippen molar-refractivity contribution in [2.24, 2.45) is 0 Å². The van der Waals surface area contributed by atoms with Crippen molar-refractivity contribution in [3.05, 3.63) is 28.0 Å². The Balaban J connectivity index is 2.71. The molecular formula is C11H11BrFN3O. The van der Waals surface area contributed by atoms with Crippen molar-refractivity contribution in [3.8, 4) is 6.07 Å². The Bertz CT molecular complexity index is 471. The minimum atomic E-state index is -0.527. The van der Waals surface area contributed by atoms with Crippen LogP contribution in [-0.4, -0.2) is 19.5 Å². The maximum Gasteiger partial charge on any atom is 0.221 e. The lowest BCUT2D eigenvalue weighted by Gasteiger charge is -2.08. The van der Waals surface area contributed by atoms with Crippen LogP contribution < -0.4 is 10.6 Å². The summed E-state index contributed by atoms with van der Waals surface area (Å²) in [6.45, 7) is 0.328. The van der Waals surface area contributed by atoms with Gasteiger partial charge in [-0.15, -0.1) is 0 Å². The van der Waals surface area contributed by atoms with Crippen molar-refractivity contribution in [2.75, 3.05) is 18.9 Å². The van der Waals surface area contributed by atoms with Crippen LogP contribution in [0.4, 0.5) is 10.1 Å². The Morgan fingerprint density at radius 2 is 2.29 bits per heavy atom. The monoisotopic (exact) mass is 299 g/mol. The molecule has 0 aliphatic carbocycles. The lowest BCUT2D eigenvalue weighted by molar-refractivity contribution is -0.120. The molecule has 6 heteroatoms. The van der Waals surface area contributed by atoms with Gasteiger partial charge in [0, 0.05) is 20.0 Å². The number of hydrogen-bond acceptors (Lipinski definition) is 3. The third-order valence-corrected chi connectivity index (χ3v) is 2.92. The average Bonchev–Trinajstić information content (AvgIpc) is 2.34. The van der Waals surface area contributed by atoms with Gasteiger partial charge in [-0.3, -0.25) is 4.79 Å². The van der Waals surface area contributed by atoms with Gasteiger partial charge in [0.1, 0.15) is 6.07 Å². The minimum absolute atomic E-state index is 0.120. The largest absolute Gasteiger partial charge is 0.382 e. The van der Waals surface area contributed by atoms with Crippen LogP contribution in [0.15, 0.2) is 16.6 Å². The second-order valence-electron chi connectivity index (χ2n) is 3.25. The number of anilines is 1. The Labute approximate surface area is 107 Å². The number of nitrogens with zero attached hydrogens (tertiary/aromatic N) is 1. The molecule has 1 rings (SSSR count). The summed E-state index contributed by atoms with van der Waals surface area (Å²) in [4.78, 5) is 11.0. The quantitative estimate of drug-likeness (QED) is 0.894. The molecule has 0 aliphatic heterocycles. The topological polar surface area (TPSA) is 64.9 Å². The molecule has 0 spiro atoms. The van der Waals surface area contributed by atoms with Crippen molar-refractivity contribution in [2.45, 2.75) is 6.42 Å². The number of carbonyl (C=O) groups is 1. The van der Waals surface area contributed by atoms with Crippen molar-refractivity contribution in [3.63, 3.8) is 0 Å². The van der Waals surface area contributed by atoms with Gasteiger partial charge in [0.25, 0.3) is 0 Å². The molecule has 0 saturated heterocycles. The SMILES string of the molecule is CNC(=O)CCNc1ccc(C#N)c(Br)c1F. The van der Waals surface area contributed by atoms with E-state index in [1.807, 2.05) is 6.07 Å². The number of rotatable bonds is 4. The van der Waals surface area contributed by atoms with Gasteiger partial charge >= 0.3 is 0 Å². The van der Waals surface area contributed by atoms with Gasteiger partial charge < -0.3 is 10.6 Å². The van der Waals surface area contributed by atoms with Crippen LogP contribution in [-0.2, 0) is 4.79 Å². The van der Waals surface area contributed by atoms with E-state index >= 15 is 0 Å². The van der Waals surface area contributed by atoms with Gasteiger partial charge in [0.05, 0.1) is 15.7 Å². The van der Waals surface area contributed by atoms with E-state index < -0.39 is 5.82 Å². The van der Waals surface area contributed by atoms with E-state index in [2.05, 4.69) is 26.6 Å². The van der Waals surface area contributed by atoms with Crippen LogP contribution in [0.5, 0.6) is 0 Å². The molecule has 1 aromatic rings. The number of nitrogens with one attached hydrogen (secondary N) is 2. The van der Waals surface area contributed by atoms with E-state index in [4.69, 9.17) is 5.26 Å². The molecule has 0 aromatic heterocycles. The number of hydrogen-bond donors (Lipinski definition) is 2. The van der Waals surface area contributed by atoms with Crippen LogP contribution in [0, 0.1) is 17.1 Å². The first-order valence-corrected chi connectivity index (χ1v) is 5.72. The first kappa shape index (κ1) is 13.5. The summed E-state index contributed by atoms with van der Waals surface area (Å²) in [5, 5.41) is 14.0. The standard InChI is InChI=1S/C11H11BrFN3O/c1-15-9(17)4-5-16-8-3-2-7(6-14)10(12)11(8)13/h2-3,16H,4-5H2,1H3,(H,15,17). The molecule has 1 amide bonds. The van der Waals surface area contributed by atoms with Gasteiger partial charge in [0.15, 0.2) is 5.82 Å². The van der Waals surface area contributed by atoms with Crippen molar-refractivity contribution < 1.29 is 9.18 Å². The molecule has 2 N–H and O–H groups in total. The third kappa shape index (κ3) is 3.43. The zero-order valence-corrected chi connectivity index (χ0v) is 10.8. The summed E-state index contributed by atoms with van der Waals surface area (Å²) in [5.74, 6) is -0.647. The van der Waals surface area contributed by atoms with Gasteiger partial charge in [-0.25, -0.2) is 4.39 Å². The maximum absolute atomic E-state index is 13.7. The summed E-state index contributed by atoms with van der Waals surface area (Å²) in [6.07, 6.45) is 0.258. The van der Waals surface area contributed by atoms with E-state index in [9.17, 15) is 9.18 Å². The van der Waals surface area contributed by atoms with Crippen LogP contribution in [0.2, 0.25) is 0 Å². The van der Waals surface area contributed by atoms with Gasteiger partial charge in [-0.05, 0) is 28.1 Å². The fraction of sp³-hybridized carbons (Fsp3) is 0.273. The van der Waals surface area contributed by atoms with Gasteiger partial charge in [-0.2, -0.15) is 5.26 Å². The second-order valence-corrected chi connectivity index (χ2v) is 4.04. The van der Waals surface area contributed by atoms with E-state index in [1.54, 1.807) is 7.05 Å². The van der Waals surface area contributed by atoms with Crippen LogP contribution >= 0.6 is 15.9 Å². The molecule has 0 bridgehead atoms. The van der Waals surface area contributed by atoms with E-state index in [0.29, 0.717) is 6.54 Å². The van der Waals surface area contributed by atoms with Crippen molar-refractivity contribution >= 4 is 27.5 Å². The Morgan fingerprint density at radius 1 is 1.59 bits per heavy atom. The fourth-order valence-corrected chi connectivity index (χ4v) is 1.64. The number of carbonyl (C=O) groups excluding carboxylic acids is 1. The summed E-state index contributed by atoms with van der Waals surface area (Å²) in [7, 11) is 1.54. The van der Waals surface area contributed by atoms with Crippen molar-refractivity contribution in [1.29, 1.82) is 5.26 Å². The highest BCUT2D eigenvalue weighted by Crippen LogP contribution is 2.26. The molecule has 90 valence electrons. The Morgan fingerprint density at radius 3 is 2.88 bits per heavy atom. The van der Waals surface area contributed by atoms with Gasteiger partial charge in [-0.1, -0.05) is 0 Å². The molecule has 4 nitrogen and oxygen atoms in total. The summed E-state index contributed by atoms with van der Waals surface area (Å²) in [6, 6.07) is 4.85. The first-order valence-electron chi connectivity index (χ1n) is 4.92. The molecule has 0 atom stereocenters. The van der Waals surface area contributed by atoms with Crippen LogP contribution in [0.3, 0.4) is 0 Å². The summed E-state index contributed by atoms with van der Waals surface area (Å²) < 4.78 is 13.8. The Hall–Kier alpha value is -1.61. The molecular weight excluding hydrogens is 289 g/mol. The second kappa shape index (κ2) is 6.21.